The molecule has 0 aromatic heterocycles. The highest BCUT2D eigenvalue weighted by atomic mass is 32.1. The number of hydrogen-bond acceptors (Lipinski definition) is 7. The van der Waals surface area contributed by atoms with Crippen LogP contribution in [0.3, 0.4) is 0 Å². The Labute approximate surface area is 160 Å². The average molecular weight is 390 g/mol. The Morgan fingerprint density at radius 3 is 3.04 bits per heavy atom. The molecule has 3 aliphatic rings. The number of thiol groups is 1. The Kier molecular flexibility index (Phi) is 7.54. The van der Waals surface area contributed by atoms with Gasteiger partial charge in [0.25, 0.3) is 0 Å². The molecule has 3 fully saturated rings. The average Bonchev–Trinajstić information content (AvgIpc) is 3.25. The van der Waals surface area contributed by atoms with Gasteiger partial charge in [0.1, 0.15) is 12.2 Å². The van der Waals surface area contributed by atoms with Crippen molar-refractivity contribution in [2.45, 2.75) is 68.1 Å². The highest BCUT2D eigenvalue weighted by Crippen LogP contribution is 2.27. The van der Waals surface area contributed by atoms with Gasteiger partial charge in [-0.15, -0.1) is 0 Å². The molecule has 0 spiro atoms. The third-order valence-electron chi connectivity index (χ3n) is 5.58. The number of hydroxylamine groups is 1. The molecule has 1 saturated carbocycles. The summed E-state index contributed by atoms with van der Waals surface area (Å²) in [7, 11) is 0. The first kappa shape index (κ1) is 20.3. The number of amides is 1. The SMILES string of the molecule is NCCC(S)C1CC(C(=O)NC2CNN(CC3CCCC(F)C3)C2)NO1. The van der Waals surface area contributed by atoms with Crippen LogP contribution in [0, 0.1) is 5.92 Å². The van der Waals surface area contributed by atoms with Crippen molar-refractivity contribution in [2.24, 2.45) is 11.7 Å². The molecule has 2 aliphatic heterocycles. The van der Waals surface area contributed by atoms with Crippen molar-refractivity contribution >= 4 is 18.5 Å². The van der Waals surface area contributed by atoms with Crippen LogP contribution < -0.4 is 22.0 Å². The first-order valence-electron chi connectivity index (χ1n) is 9.77. The molecule has 6 atom stereocenters. The molecular formula is C17H32FN5O2S. The molecule has 0 bridgehead atoms. The number of alkyl halides is 1. The highest BCUT2D eigenvalue weighted by Gasteiger charge is 2.36. The van der Waals surface area contributed by atoms with Crippen molar-refractivity contribution in [3.05, 3.63) is 0 Å². The van der Waals surface area contributed by atoms with E-state index in [0.29, 0.717) is 38.3 Å². The first-order valence-corrected chi connectivity index (χ1v) is 10.3. The van der Waals surface area contributed by atoms with E-state index in [1.165, 1.54) is 0 Å². The maximum atomic E-state index is 13.5. The van der Waals surface area contributed by atoms with Crippen LogP contribution in [0.15, 0.2) is 0 Å². The topological polar surface area (TPSA) is 91.7 Å². The van der Waals surface area contributed by atoms with E-state index < -0.39 is 6.17 Å². The van der Waals surface area contributed by atoms with E-state index >= 15 is 0 Å². The molecule has 5 N–H and O–H groups in total. The summed E-state index contributed by atoms with van der Waals surface area (Å²) < 4.78 is 13.5. The molecule has 0 radical (unpaired) electrons. The fourth-order valence-corrected chi connectivity index (χ4v) is 4.46. The molecule has 1 amide bonds. The Morgan fingerprint density at radius 2 is 2.27 bits per heavy atom. The minimum Gasteiger partial charge on any atom is -0.349 e. The third-order valence-corrected chi connectivity index (χ3v) is 6.17. The molecule has 3 rings (SSSR count). The van der Waals surface area contributed by atoms with Crippen LogP contribution >= 0.6 is 12.6 Å². The zero-order chi connectivity index (χ0) is 18.5. The molecule has 7 nitrogen and oxygen atoms in total. The van der Waals surface area contributed by atoms with Crippen molar-refractivity contribution in [2.75, 3.05) is 26.2 Å². The highest BCUT2D eigenvalue weighted by molar-refractivity contribution is 7.81. The lowest BCUT2D eigenvalue weighted by molar-refractivity contribution is -0.124. The number of hydrogen-bond donors (Lipinski definition) is 5. The van der Waals surface area contributed by atoms with E-state index in [9.17, 15) is 9.18 Å². The molecule has 2 heterocycles. The lowest BCUT2D eigenvalue weighted by atomic mass is 9.88. The second-order valence-electron chi connectivity index (χ2n) is 7.81. The van der Waals surface area contributed by atoms with E-state index in [4.69, 9.17) is 10.6 Å². The van der Waals surface area contributed by atoms with Crippen LogP contribution in [0.5, 0.6) is 0 Å². The van der Waals surface area contributed by atoms with Crippen LogP contribution in [0.25, 0.3) is 0 Å². The van der Waals surface area contributed by atoms with Crippen LogP contribution in [0.1, 0.15) is 38.5 Å². The molecule has 9 heteroatoms. The number of nitrogens with one attached hydrogen (secondary N) is 3. The van der Waals surface area contributed by atoms with E-state index in [1.807, 2.05) is 0 Å². The summed E-state index contributed by atoms with van der Waals surface area (Å²) in [6, 6.07) is -0.295. The first-order chi connectivity index (χ1) is 12.5. The number of hydrazine groups is 1. The van der Waals surface area contributed by atoms with Gasteiger partial charge >= 0.3 is 0 Å². The van der Waals surface area contributed by atoms with Crippen LogP contribution in [-0.2, 0) is 9.63 Å². The zero-order valence-corrected chi connectivity index (χ0v) is 16.1. The molecule has 0 aromatic rings. The maximum absolute atomic E-state index is 13.5. The molecular weight excluding hydrogens is 357 g/mol. The van der Waals surface area contributed by atoms with Gasteiger partial charge < -0.3 is 11.1 Å². The molecule has 150 valence electrons. The molecule has 26 heavy (non-hydrogen) atoms. The zero-order valence-electron chi connectivity index (χ0n) is 15.2. The summed E-state index contributed by atoms with van der Waals surface area (Å²) in [6.07, 6.45) is 4.04. The van der Waals surface area contributed by atoms with Crippen molar-refractivity contribution in [3.63, 3.8) is 0 Å². The van der Waals surface area contributed by atoms with E-state index in [0.717, 1.165) is 32.4 Å². The minimum atomic E-state index is -0.650. The fourth-order valence-electron chi connectivity index (χ4n) is 4.13. The Bertz CT molecular complexity index is 474. The number of carbonyl (C=O) groups excluding carboxylic acids is 1. The maximum Gasteiger partial charge on any atom is 0.239 e. The lowest BCUT2D eigenvalue weighted by Gasteiger charge is -2.28. The predicted molar refractivity (Wildman–Crippen MR) is 101 cm³/mol. The van der Waals surface area contributed by atoms with Crippen molar-refractivity contribution < 1.29 is 14.0 Å². The summed E-state index contributed by atoms with van der Waals surface area (Å²) >= 11 is 4.49. The number of nitrogens with zero attached hydrogens (tertiary/aromatic N) is 1. The summed E-state index contributed by atoms with van der Waals surface area (Å²) in [6.45, 7) is 2.86. The summed E-state index contributed by atoms with van der Waals surface area (Å²) in [5.74, 6) is 0.358. The third kappa shape index (κ3) is 5.53. The largest absolute Gasteiger partial charge is 0.349 e. The minimum absolute atomic E-state index is 0.0313. The number of rotatable bonds is 7. The molecule has 1 aliphatic carbocycles. The van der Waals surface area contributed by atoms with E-state index in [2.05, 4.69) is 33.9 Å². The monoisotopic (exact) mass is 389 g/mol. The van der Waals surface area contributed by atoms with Gasteiger partial charge in [0.2, 0.25) is 5.91 Å². The van der Waals surface area contributed by atoms with Crippen LogP contribution in [-0.4, -0.2) is 66.7 Å². The van der Waals surface area contributed by atoms with Gasteiger partial charge in [0.05, 0.1) is 12.1 Å². The Balaban J connectivity index is 1.38. The fraction of sp³-hybridized carbons (Fsp3) is 0.941. The van der Waals surface area contributed by atoms with Crippen LogP contribution in [0.2, 0.25) is 0 Å². The van der Waals surface area contributed by atoms with Gasteiger partial charge in [-0.05, 0) is 38.1 Å². The lowest BCUT2D eigenvalue weighted by Crippen LogP contribution is -2.47. The van der Waals surface area contributed by atoms with Crippen molar-refractivity contribution in [1.29, 1.82) is 0 Å². The van der Waals surface area contributed by atoms with Gasteiger partial charge in [-0.1, -0.05) is 6.42 Å². The Morgan fingerprint density at radius 1 is 1.42 bits per heavy atom. The van der Waals surface area contributed by atoms with Gasteiger partial charge in [0.15, 0.2) is 0 Å². The van der Waals surface area contributed by atoms with Gasteiger partial charge in [0, 0.05) is 31.3 Å². The number of halogens is 1. The number of nitrogens with two attached hydrogens (primary N) is 1. The summed E-state index contributed by atoms with van der Waals surface area (Å²) in [5, 5.41) is 5.24. The van der Waals surface area contributed by atoms with Crippen molar-refractivity contribution in [3.8, 4) is 0 Å². The van der Waals surface area contributed by atoms with Gasteiger partial charge in [-0.2, -0.15) is 18.1 Å². The smallest absolute Gasteiger partial charge is 0.239 e. The molecule has 2 saturated heterocycles. The summed E-state index contributed by atoms with van der Waals surface area (Å²) in [5.41, 5.74) is 11.7. The standard InChI is InChI=1S/C17H32FN5O2S/c18-12-3-1-2-11(6-12)9-23-10-13(8-20-23)21-17(24)14-7-15(25-22-14)16(26)4-5-19/h11-16,20,22,26H,1-10,19H2,(H,21,24). The second kappa shape index (κ2) is 9.66. The van der Waals surface area contributed by atoms with E-state index in [1.54, 1.807) is 0 Å². The Hall–Kier alpha value is -0.450. The normalized spacial score (nSPS) is 37.0. The second-order valence-corrected chi connectivity index (χ2v) is 8.47. The summed E-state index contributed by atoms with van der Waals surface area (Å²) in [4.78, 5) is 18.0. The van der Waals surface area contributed by atoms with Gasteiger partial charge in [-0.3, -0.25) is 15.1 Å². The molecule has 6 unspecified atom stereocenters. The molecule has 0 aromatic carbocycles. The van der Waals surface area contributed by atoms with Gasteiger partial charge in [-0.25, -0.2) is 9.40 Å². The van der Waals surface area contributed by atoms with Crippen molar-refractivity contribution in [1.82, 2.24) is 21.2 Å². The van der Waals surface area contributed by atoms with Crippen LogP contribution in [0.4, 0.5) is 4.39 Å². The predicted octanol–water partition coefficient (Wildman–Crippen LogP) is 0.129. The quantitative estimate of drug-likeness (QED) is 0.398. The van der Waals surface area contributed by atoms with E-state index in [-0.39, 0.29) is 29.3 Å². The number of carbonyl (C=O) groups is 1.